The van der Waals surface area contributed by atoms with Crippen molar-refractivity contribution in [2.24, 2.45) is 0 Å². The van der Waals surface area contributed by atoms with E-state index in [9.17, 15) is 4.39 Å². The van der Waals surface area contributed by atoms with Crippen LogP contribution in [0.15, 0.2) is 48.5 Å². The van der Waals surface area contributed by atoms with Gasteiger partial charge >= 0.3 is 0 Å². The summed E-state index contributed by atoms with van der Waals surface area (Å²) in [4.78, 5) is 5.38. The Morgan fingerprint density at radius 2 is 1.55 bits per heavy atom. The van der Waals surface area contributed by atoms with Crippen molar-refractivity contribution >= 4 is 24.8 Å². The van der Waals surface area contributed by atoms with Crippen molar-refractivity contribution in [2.45, 2.75) is 43.7 Å². The number of halogens is 3. The van der Waals surface area contributed by atoms with Gasteiger partial charge in [-0.25, -0.2) is 4.39 Å². The Morgan fingerprint density at radius 1 is 0.862 bits per heavy atom. The summed E-state index contributed by atoms with van der Waals surface area (Å²) in [6, 6.07) is 16.9. The van der Waals surface area contributed by atoms with E-state index in [1.807, 2.05) is 12.1 Å². The lowest BCUT2D eigenvalue weighted by Gasteiger charge is -2.55. The topological polar surface area (TPSA) is 38.0 Å². The molecule has 0 spiro atoms. The lowest BCUT2D eigenvalue weighted by Crippen LogP contribution is -2.59. The summed E-state index contributed by atoms with van der Waals surface area (Å²) >= 11 is 0. The Hall–Kier alpha value is -1.17. The second-order valence-electron chi connectivity index (χ2n) is 8.15. The first-order valence-corrected chi connectivity index (χ1v) is 10.1. The van der Waals surface area contributed by atoms with E-state index in [2.05, 4.69) is 34.1 Å². The highest BCUT2D eigenvalue weighted by molar-refractivity contribution is 5.85. The molecule has 2 fully saturated rings. The maximum absolute atomic E-state index is 13.7. The van der Waals surface area contributed by atoms with Gasteiger partial charge in [0.05, 0.1) is 5.54 Å². The van der Waals surface area contributed by atoms with Crippen molar-refractivity contribution in [1.82, 2.24) is 9.80 Å². The van der Waals surface area contributed by atoms with Crippen LogP contribution in [0.3, 0.4) is 0 Å². The lowest BCUT2D eigenvalue weighted by atomic mass is 9.69. The summed E-state index contributed by atoms with van der Waals surface area (Å²) in [6.07, 6.45) is 6.16. The third-order valence-electron chi connectivity index (χ3n) is 6.90. The van der Waals surface area contributed by atoms with Gasteiger partial charge in [-0.3, -0.25) is 4.90 Å². The molecule has 2 unspecified atom stereocenters. The highest BCUT2D eigenvalue weighted by atomic mass is 35.5. The second kappa shape index (κ2) is 9.76. The van der Waals surface area contributed by atoms with Gasteiger partial charge in [-0.15, -0.1) is 24.8 Å². The predicted octanol–water partition coefficient (Wildman–Crippen LogP) is 4.20. The van der Waals surface area contributed by atoms with Gasteiger partial charge in [-0.2, -0.15) is 0 Å². The van der Waals surface area contributed by atoms with Gasteiger partial charge in [0.1, 0.15) is 5.82 Å². The summed E-state index contributed by atoms with van der Waals surface area (Å²) in [5.41, 5.74) is 4.07. The molecule has 0 bridgehead atoms. The molecule has 2 atom stereocenters. The van der Waals surface area contributed by atoms with Crippen LogP contribution in [-0.2, 0) is 12.0 Å². The zero-order valence-corrected chi connectivity index (χ0v) is 18.3. The summed E-state index contributed by atoms with van der Waals surface area (Å²) in [5.74, 6) is -0.146. The fourth-order valence-electron chi connectivity index (χ4n) is 5.65. The van der Waals surface area contributed by atoms with Gasteiger partial charge in [0.25, 0.3) is 0 Å². The van der Waals surface area contributed by atoms with Gasteiger partial charge < -0.3 is 10.4 Å². The molecule has 0 aliphatic carbocycles. The first kappa shape index (κ1) is 24.1. The van der Waals surface area contributed by atoms with Crippen LogP contribution >= 0.6 is 24.8 Å². The normalized spacial score (nSPS) is 26.3. The Bertz CT molecular complexity index is 798. The highest BCUT2D eigenvalue weighted by Crippen LogP contribution is 2.48. The van der Waals surface area contributed by atoms with E-state index in [-0.39, 0.29) is 41.6 Å². The molecule has 0 radical (unpaired) electrons. The number of likely N-dealkylation sites (tertiary alicyclic amines) is 1. The van der Waals surface area contributed by atoms with Crippen LogP contribution in [0.2, 0.25) is 0 Å². The van der Waals surface area contributed by atoms with Gasteiger partial charge in [0.15, 0.2) is 0 Å². The molecular formula is C23H31Cl2FN2O. The fraction of sp³-hybridized carbons (Fsp3) is 0.478. The predicted molar refractivity (Wildman–Crippen MR) is 121 cm³/mol. The molecule has 2 N–H and O–H groups in total. The molecular weight excluding hydrogens is 410 g/mol. The number of piperidine rings is 1. The maximum Gasteiger partial charge on any atom is 0.123 e. The molecule has 0 saturated carbocycles. The number of benzene rings is 2. The number of nitrogens with zero attached hydrogens (tertiary/aromatic N) is 2. The van der Waals surface area contributed by atoms with E-state index in [1.54, 1.807) is 12.1 Å². The molecule has 3 aliphatic rings. The van der Waals surface area contributed by atoms with Gasteiger partial charge in [-0.05, 0) is 74.0 Å². The van der Waals surface area contributed by atoms with E-state index in [1.165, 1.54) is 49.0 Å². The molecule has 0 aromatic heterocycles. The lowest BCUT2D eigenvalue weighted by molar-refractivity contribution is 0.0174. The van der Waals surface area contributed by atoms with E-state index < -0.39 is 0 Å². The molecule has 2 aromatic rings. The third kappa shape index (κ3) is 4.06. The minimum absolute atomic E-state index is 0. The number of hydrogen-bond acceptors (Lipinski definition) is 2. The van der Waals surface area contributed by atoms with Crippen molar-refractivity contribution in [2.75, 3.05) is 26.2 Å². The maximum atomic E-state index is 13.7. The first-order chi connectivity index (χ1) is 12.8. The molecule has 5 rings (SSSR count). The number of hydrogen-bond donors (Lipinski definition) is 0. The van der Waals surface area contributed by atoms with Crippen molar-refractivity contribution in [3.05, 3.63) is 71.0 Å². The van der Waals surface area contributed by atoms with E-state index >= 15 is 0 Å². The minimum Gasteiger partial charge on any atom is -0.412 e. The molecule has 3 heterocycles. The fourth-order valence-corrected chi connectivity index (χ4v) is 5.65. The molecule has 6 heteroatoms. The Kier molecular flexibility index (Phi) is 8.11. The third-order valence-corrected chi connectivity index (χ3v) is 6.90. The highest BCUT2D eigenvalue weighted by Gasteiger charge is 2.48. The van der Waals surface area contributed by atoms with Crippen LogP contribution in [-0.4, -0.2) is 47.5 Å². The van der Waals surface area contributed by atoms with Gasteiger partial charge in [-0.1, -0.05) is 36.4 Å². The smallest absolute Gasteiger partial charge is 0.123 e. The zero-order valence-electron chi connectivity index (χ0n) is 16.6. The molecule has 29 heavy (non-hydrogen) atoms. The Morgan fingerprint density at radius 3 is 2.28 bits per heavy atom. The van der Waals surface area contributed by atoms with E-state index in [0.717, 1.165) is 25.9 Å². The molecule has 2 saturated heterocycles. The summed E-state index contributed by atoms with van der Waals surface area (Å²) in [6.45, 7) is 4.71. The van der Waals surface area contributed by atoms with Gasteiger partial charge in [0.2, 0.25) is 0 Å². The van der Waals surface area contributed by atoms with Crippen LogP contribution in [0.25, 0.3) is 0 Å². The largest absolute Gasteiger partial charge is 0.412 e. The van der Waals surface area contributed by atoms with Crippen molar-refractivity contribution < 1.29 is 9.87 Å². The molecule has 0 amide bonds. The Labute approximate surface area is 185 Å². The van der Waals surface area contributed by atoms with Gasteiger partial charge in [0, 0.05) is 19.1 Å². The van der Waals surface area contributed by atoms with Crippen LogP contribution in [0.1, 0.15) is 42.4 Å². The van der Waals surface area contributed by atoms with Crippen molar-refractivity contribution in [3.8, 4) is 0 Å². The number of fused-ring (bicyclic) bond motifs is 3. The van der Waals surface area contributed by atoms with E-state index in [0.29, 0.717) is 6.04 Å². The SMILES string of the molecule is Cl.Cl.Fc1ccc(C23CC(N4CCCC4)CCN2CCc2ccccc23)cc1.O. The van der Waals surface area contributed by atoms with Crippen molar-refractivity contribution in [3.63, 3.8) is 0 Å². The average Bonchev–Trinajstić information content (AvgIpc) is 3.23. The summed E-state index contributed by atoms with van der Waals surface area (Å²) < 4.78 is 13.7. The van der Waals surface area contributed by atoms with Crippen LogP contribution in [0.5, 0.6) is 0 Å². The molecule has 160 valence electrons. The van der Waals surface area contributed by atoms with Crippen LogP contribution in [0.4, 0.5) is 4.39 Å². The van der Waals surface area contributed by atoms with Crippen molar-refractivity contribution in [1.29, 1.82) is 0 Å². The molecule has 3 nitrogen and oxygen atoms in total. The molecule has 2 aromatic carbocycles. The average molecular weight is 441 g/mol. The van der Waals surface area contributed by atoms with E-state index in [4.69, 9.17) is 0 Å². The first-order valence-electron chi connectivity index (χ1n) is 10.1. The minimum atomic E-state index is -0.146. The second-order valence-corrected chi connectivity index (χ2v) is 8.15. The quantitative estimate of drug-likeness (QED) is 0.701. The van der Waals surface area contributed by atoms with Crippen LogP contribution in [0, 0.1) is 5.82 Å². The monoisotopic (exact) mass is 440 g/mol. The standard InChI is InChI=1S/C23H27FN2.2ClH.H2O/c24-20-9-7-19(8-10-20)23-17-21(25-13-3-4-14-25)12-16-26(23)15-11-18-5-1-2-6-22(18)23;;;/h1-2,5-10,21H,3-4,11-17H2;2*1H;1H2. The molecule has 3 aliphatic heterocycles. The summed E-state index contributed by atoms with van der Waals surface area (Å²) in [7, 11) is 0. The zero-order chi connectivity index (χ0) is 17.6. The number of rotatable bonds is 2. The van der Waals surface area contributed by atoms with Crippen LogP contribution < -0.4 is 0 Å². The summed E-state index contributed by atoms with van der Waals surface area (Å²) in [5, 5.41) is 0. The Balaban J connectivity index is 0.000001000.